The van der Waals surface area contributed by atoms with Gasteiger partial charge in [-0.15, -0.1) is 0 Å². The highest BCUT2D eigenvalue weighted by molar-refractivity contribution is 5.96. The maximum Gasteiger partial charge on any atom is 0.315 e. The zero-order valence-corrected chi connectivity index (χ0v) is 9.60. The van der Waals surface area contributed by atoms with Gasteiger partial charge >= 0.3 is 5.97 Å². The molecular weight excluding hydrogens is 222 g/mol. The van der Waals surface area contributed by atoms with Crippen LogP contribution in [0, 0.1) is 5.92 Å². The fraction of sp³-hybridized carbons (Fsp3) is 0.500. The Morgan fingerprint density at radius 1 is 1.59 bits per heavy atom. The second-order valence-corrected chi connectivity index (χ2v) is 4.31. The van der Waals surface area contributed by atoms with Crippen LogP contribution in [0.1, 0.15) is 37.1 Å². The first-order chi connectivity index (χ1) is 8.09. The first kappa shape index (κ1) is 11.7. The molecule has 0 aliphatic heterocycles. The van der Waals surface area contributed by atoms with E-state index in [1.165, 1.54) is 6.92 Å². The molecule has 5 heteroatoms. The highest BCUT2D eigenvalue weighted by atomic mass is 16.4. The number of hydrogen-bond acceptors (Lipinski definition) is 3. The molecule has 2 rings (SSSR count). The number of carbonyl (C=O) groups is 2. The predicted molar refractivity (Wildman–Crippen MR) is 59.3 cm³/mol. The Bertz CT molecular complexity index is 437. The molecule has 1 aromatic heterocycles. The quantitative estimate of drug-likeness (QED) is 0.780. The van der Waals surface area contributed by atoms with Crippen molar-refractivity contribution in [2.45, 2.75) is 32.2 Å². The number of aryl methyl sites for hydroxylation is 1. The van der Waals surface area contributed by atoms with Gasteiger partial charge in [0.1, 0.15) is 11.7 Å². The summed E-state index contributed by atoms with van der Waals surface area (Å²) in [6.45, 7) is 1.39. The van der Waals surface area contributed by atoms with E-state index in [0.29, 0.717) is 0 Å². The minimum Gasteiger partial charge on any atom is -0.481 e. The molecule has 0 saturated heterocycles. The molecule has 17 heavy (non-hydrogen) atoms. The van der Waals surface area contributed by atoms with Gasteiger partial charge in [0.2, 0.25) is 5.91 Å². The van der Waals surface area contributed by atoms with Crippen LogP contribution in [-0.2, 0) is 16.0 Å². The second-order valence-electron chi connectivity index (χ2n) is 4.31. The third-order valence-corrected chi connectivity index (χ3v) is 3.13. The summed E-state index contributed by atoms with van der Waals surface area (Å²) in [6.07, 6.45) is 4.25. The van der Waals surface area contributed by atoms with Gasteiger partial charge in [0.15, 0.2) is 0 Å². The third-order valence-electron chi connectivity index (χ3n) is 3.13. The molecule has 2 unspecified atom stereocenters. The fourth-order valence-electron chi connectivity index (χ4n) is 2.05. The summed E-state index contributed by atoms with van der Waals surface area (Å²) in [4.78, 5) is 22.4. The monoisotopic (exact) mass is 237 g/mol. The lowest BCUT2D eigenvalue weighted by Crippen LogP contribution is -2.37. The van der Waals surface area contributed by atoms with Crippen LogP contribution in [0.15, 0.2) is 16.7 Å². The number of hydrogen-bond donors (Lipinski definition) is 2. The normalized spacial score (nSPS) is 20.4. The molecular formula is C12H15NO4. The molecule has 1 heterocycles. The van der Waals surface area contributed by atoms with Crippen molar-refractivity contribution in [1.82, 2.24) is 5.32 Å². The molecule has 1 aliphatic carbocycles. The highest BCUT2D eigenvalue weighted by Crippen LogP contribution is 2.30. The van der Waals surface area contributed by atoms with Crippen molar-refractivity contribution in [2.75, 3.05) is 0 Å². The number of rotatable bonds is 3. The Labute approximate surface area is 98.8 Å². The van der Waals surface area contributed by atoms with Crippen LogP contribution < -0.4 is 5.32 Å². The van der Waals surface area contributed by atoms with Crippen LogP contribution in [0.2, 0.25) is 0 Å². The standard InChI is InChI=1S/C12H15NO4/c1-7(12(15)16)11(14)13-9-3-2-4-10-8(9)5-6-17-10/h5-7,9H,2-4H2,1H3,(H,13,14)(H,15,16). The number of fused-ring (bicyclic) bond motifs is 1. The van der Waals surface area contributed by atoms with E-state index in [1.54, 1.807) is 6.26 Å². The first-order valence-corrected chi connectivity index (χ1v) is 5.69. The summed E-state index contributed by atoms with van der Waals surface area (Å²) in [5, 5.41) is 11.5. The molecule has 0 fully saturated rings. The summed E-state index contributed by atoms with van der Waals surface area (Å²) in [5.41, 5.74) is 0.974. The Morgan fingerprint density at radius 2 is 2.35 bits per heavy atom. The zero-order chi connectivity index (χ0) is 12.4. The van der Waals surface area contributed by atoms with Crippen molar-refractivity contribution in [2.24, 2.45) is 5.92 Å². The van der Waals surface area contributed by atoms with Crippen LogP contribution in [-0.4, -0.2) is 17.0 Å². The molecule has 1 aromatic rings. The molecule has 2 N–H and O–H groups in total. The van der Waals surface area contributed by atoms with Gasteiger partial charge in [-0.3, -0.25) is 9.59 Å². The molecule has 0 saturated carbocycles. The van der Waals surface area contributed by atoms with Crippen LogP contribution >= 0.6 is 0 Å². The number of carboxylic acid groups (broad SMARTS) is 1. The average molecular weight is 237 g/mol. The SMILES string of the molecule is CC(C(=O)O)C(=O)NC1CCCc2occc21. The molecule has 0 spiro atoms. The summed E-state index contributed by atoms with van der Waals surface area (Å²) in [6, 6.07) is 1.72. The maximum atomic E-state index is 11.7. The van der Waals surface area contributed by atoms with Crippen molar-refractivity contribution < 1.29 is 19.1 Å². The Hall–Kier alpha value is -1.78. The molecule has 1 aliphatic rings. The molecule has 92 valence electrons. The molecule has 0 radical (unpaired) electrons. The molecule has 5 nitrogen and oxygen atoms in total. The number of carboxylic acids is 1. The van der Waals surface area contributed by atoms with E-state index in [0.717, 1.165) is 30.6 Å². The van der Waals surface area contributed by atoms with E-state index < -0.39 is 17.8 Å². The topological polar surface area (TPSA) is 79.5 Å². The Kier molecular flexibility index (Phi) is 3.17. The third kappa shape index (κ3) is 2.33. The van der Waals surface area contributed by atoms with Crippen molar-refractivity contribution in [3.05, 3.63) is 23.7 Å². The van der Waals surface area contributed by atoms with Crippen LogP contribution in [0.25, 0.3) is 0 Å². The summed E-state index contributed by atoms with van der Waals surface area (Å²) < 4.78 is 5.31. The summed E-state index contributed by atoms with van der Waals surface area (Å²) in [5.74, 6) is -1.68. The number of amides is 1. The second kappa shape index (κ2) is 4.61. The highest BCUT2D eigenvalue weighted by Gasteiger charge is 2.27. The lowest BCUT2D eigenvalue weighted by molar-refractivity contribution is -0.146. The van der Waals surface area contributed by atoms with E-state index in [2.05, 4.69) is 5.32 Å². The van der Waals surface area contributed by atoms with Crippen molar-refractivity contribution in [1.29, 1.82) is 0 Å². The lowest BCUT2D eigenvalue weighted by Gasteiger charge is -2.23. The Balaban J connectivity index is 2.07. The van der Waals surface area contributed by atoms with E-state index in [4.69, 9.17) is 9.52 Å². The number of carbonyl (C=O) groups excluding carboxylic acids is 1. The van der Waals surface area contributed by atoms with Gasteiger partial charge in [0, 0.05) is 12.0 Å². The minimum atomic E-state index is -1.11. The summed E-state index contributed by atoms with van der Waals surface area (Å²) in [7, 11) is 0. The van der Waals surface area contributed by atoms with Gasteiger partial charge in [-0.25, -0.2) is 0 Å². The average Bonchev–Trinajstić information content (AvgIpc) is 2.76. The van der Waals surface area contributed by atoms with Crippen molar-refractivity contribution >= 4 is 11.9 Å². The fourth-order valence-corrected chi connectivity index (χ4v) is 2.05. The van der Waals surface area contributed by atoms with Crippen molar-refractivity contribution in [3.8, 4) is 0 Å². The van der Waals surface area contributed by atoms with E-state index in [-0.39, 0.29) is 6.04 Å². The van der Waals surface area contributed by atoms with Crippen molar-refractivity contribution in [3.63, 3.8) is 0 Å². The van der Waals surface area contributed by atoms with Gasteiger partial charge in [-0.1, -0.05) is 0 Å². The largest absolute Gasteiger partial charge is 0.481 e. The van der Waals surface area contributed by atoms with Crippen LogP contribution in [0.5, 0.6) is 0 Å². The van der Waals surface area contributed by atoms with Crippen LogP contribution in [0.3, 0.4) is 0 Å². The first-order valence-electron chi connectivity index (χ1n) is 5.69. The number of aliphatic carboxylic acids is 1. The number of nitrogens with one attached hydrogen (secondary N) is 1. The summed E-state index contributed by atoms with van der Waals surface area (Å²) >= 11 is 0. The van der Waals surface area contributed by atoms with E-state index >= 15 is 0 Å². The number of furan rings is 1. The van der Waals surface area contributed by atoms with Gasteiger partial charge < -0.3 is 14.8 Å². The molecule has 1 amide bonds. The lowest BCUT2D eigenvalue weighted by atomic mass is 9.93. The predicted octanol–water partition coefficient (Wildman–Crippen LogP) is 1.49. The van der Waals surface area contributed by atoms with Gasteiger partial charge in [0.05, 0.1) is 12.3 Å². The van der Waals surface area contributed by atoms with Gasteiger partial charge in [-0.05, 0) is 25.8 Å². The van der Waals surface area contributed by atoms with Crippen LogP contribution in [0.4, 0.5) is 0 Å². The minimum absolute atomic E-state index is 0.119. The van der Waals surface area contributed by atoms with Gasteiger partial charge in [-0.2, -0.15) is 0 Å². The Morgan fingerprint density at radius 3 is 3.06 bits per heavy atom. The molecule has 0 bridgehead atoms. The maximum absolute atomic E-state index is 11.7. The molecule has 2 atom stereocenters. The van der Waals surface area contributed by atoms with Gasteiger partial charge in [0.25, 0.3) is 0 Å². The smallest absolute Gasteiger partial charge is 0.315 e. The molecule has 0 aromatic carbocycles. The van der Waals surface area contributed by atoms with E-state index in [9.17, 15) is 9.59 Å². The zero-order valence-electron chi connectivity index (χ0n) is 9.60. The van der Waals surface area contributed by atoms with E-state index in [1.807, 2.05) is 6.07 Å².